The zero-order valence-corrected chi connectivity index (χ0v) is 13.1. The van der Waals surface area contributed by atoms with Crippen molar-refractivity contribution >= 4 is 23.2 Å². The van der Waals surface area contributed by atoms with Crippen molar-refractivity contribution < 1.29 is 9.53 Å². The first-order valence-corrected chi connectivity index (χ1v) is 7.20. The SMILES string of the molecule is CCOc1cccc(C)c1C(=O)Nc1ccc(Cl)c(C)c1. The summed E-state index contributed by atoms with van der Waals surface area (Å²) in [7, 11) is 0. The van der Waals surface area contributed by atoms with Gasteiger partial charge in [0.1, 0.15) is 5.75 Å². The number of carbonyl (C=O) groups excluding carboxylic acids is 1. The molecule has 0 aliphatic carbocycles. The maximum atomic E-state index is 12.5. The summed E-state index contributed by atoms with van der Waals surface area (Å²) in [6.07, 6.45) is 0. The molecule has 0 bridgehead atoms. The van der Waals surface area contributed by atoms with Crippen LogP contribution >= 0.6 is 11.6 Å². The molecule has 0 atom stereocenters. The maximum Gasteiger partial charge on any atom is 0.259 e. The normalized spacial score (nSPS) is 10.3. The largest absolute Gasteiger partial charge is 0.493 e. The number of nitrogens with one attached hydrogen (secondary N) is 1. The van der Waals surface area contributed by atoms with Gasteiger partial charge in [-0.15, -0.1) is 0 Å². The minimum absolute atomic E-state index is 0.182. The molecular formula is C17H18ClNO2. The van der Waals surface area contributed by atoms with E-state index in [0.29, 0.717) is 28.6 Å². The number of carbonyl (C=O) groups is 1. The highest BCUT2D eigenvalue weighted by Gasteiger charge is 2.15. The number of anilines is 1. The highest BCUT2D eigenvalue weighted by Crippen LogP contribution is 2.25. The molecule has 0 unspecified atom stereocenters. The van der Waals surface area contributed by atoms with Gasteiger partial charge >= 0.3 is 0 Å². The van der Waals surface area contributed by atoms with Crippen LogP contribution in [-0.2, 0) is 0 Å². The Bertz CT molecular complexity index is 668. The molecule has 0 saturated heterocycles. The second-order valence-electron chi connectivity index (χ2n) is 4.80. The van der Waals surface area contributed by atoms with Crippen molar-refractivity contribution in [3.8, 4) is 5.75 Å². The number of aryl methyl sites for hydroxylation is 2. The van der Waals surface area contributed by atoms with Gasteiger partial charge in [0.25, 0.3) is 5.91 Å². The molecule has 2 aromatic rings. The highest BCUT2D eigenvalue weighted by atomic mass is 35.5. The topological polar surface area (TPSA) is 38.3 Å². The smallest absolute Gasteiger partial charge is 0.259 e. The van der Waals surface area contributed by atoms with E-state index in [2.05, 4.69) is 5.32 Å². The third-order valence-corrected chi connectivity index (χ3v) is 3.60. The summed E-state index contributed by atoms with van der Waals surface area (Å²) in [6.45, 7) is 6.21. The molecule has 0 aliphatic heterocycles. The number of halogens is 1. The first-order chi connectivity index (χ1) is 10.0. The van der Waals surface area contributed by atoms with Crippen molar-refractivity contribution in [3.05, 3.63) is 58.1 Å². The fraction of sp³-hybridized carbons (Fsp3) is 0.235. The molecule has 2 rings (SSSR count). The minimum atomic E-state index is -0.182. The van der Waals surface area contributed by atoms with Gasteiger partial charge in [-0.25, -0.2) is 0 Å². The monoisotopic (exact) mass is 303 g/mol. The van der Waals surface area contributed by atoms with E-state index >= 15 is 0 Å². The standard InChI is InChI=1S/C17H18ClNO2/c1-4-21-15-7-5-6-11(2)16(15)17(20)19-13-8-9-14(18)12(3)10-13/h5-10H,4H2,1-3H3,(H,19,20). The molecule has 0 fully saturated rings. The predicted molar refractivity (Wildman–Crippen MR) is 86.5 cm³/mol. The molecule has 3 nitrogen and oxygen atoms in total. The van der Waals surface area contributed by atoms with Gasteiger partial charge in [-0.2, -0.15) is 0 Å². The lowest BCUT2D eigenvalue weighted by Crippen LogP contribution is -2.15. The zero-order chi connectivity index (χ0) is 15.4. The summed E-state index contributed by atoms with van der Waals surface area (Å²) < 4.78 is 5.54. The summed E-state index contributed by atoms with van der Waals surface area (Å²) in [5.41, 5.74) is 3.08. The third kappa shape index (κ3) is 3.56. The van der Waals surface area contributed by atoms with Gasteiger partial charge in [-0.05, 0) is 56.2 Å². The van der Waals surface area contributed by atoms with Gasteiger partial charge in [-0.1, -0.05) is 23.7 Å². The first kappa shape index (κ1) is 15.4. The summed E-state index contributed by atoms with van der Waals surface area (Å²) in [6, 6.07) is 11.0. The lowest BCUT2D eigenvalue weighted by atomic mass is 10.1. The van der Waals surface area contributed by atoms with E-state index in [9.17, 15) is 4.79 Å². The van der Waals surface area contributed by atoms with E-state index < -0.39 is 0 Å². The predicted octanol–water partition coefficient (Wildman–Crippen LogP) is 4.61. The van der Waals surface area contributed by atoms with Crippen molar-refractivity contribution in [2.45, 2.75) is 20.8 Å². The molecule has 0 heterocycles. The molecule has 0 saturated carbocycles. The Morgan fingerprint density at radius 3 is 2.62 bits per heavy atom. The van der Waals surface area contributed by atoms with Crippen LogP contribution in [0.5, 0.6) is 5.75 Å². The van der Waals surface area contributed by atoms with E-state index in [1.54, 1.807) is 18.2 Å². The van der Waals surface area contributed by atoms with Crippen molar-refractivity contribution in [1.29, 1.82) is 0 Å². The van der Waals surface area contributed by atoms with Gasteiger partial charge in [0.15, 0.2) is 0 Å². The van der Waals surface area contributed by atoms with Crippen molar-refractivity contribution in [3.63, 3.8) is 0 Å². The number of ether oxygens (including phenoxy) is 1. The number of hydrogen-bond donors (Lipinski definition) is 1. The fourth-order valence-corrected chi connectivity index (χ4v) is 2.24. The number of benzene rings is 2. The Morgan fingerprint density at radius 1 is 1.19 bits per heavy atom. The number of rotatable bonds is 4. The van der Waals surface area contributed by atoms with Crippen LogP contribution in [0.1, 0.15) is 28.4 Å². The Hall–Kier alpha value is -2.00. The third-order valence-electron chi connectivity index (χ3n) is 3.18. The molecule has 1 amide bonds. The van der Waals surface area contributed by atoms with E-state index in [1.165, 1.54) is 0 Å². The molecule has 21 heavy (non-hydrogen) atoms. The summed E-state index contributed by atoms with van der Waals surface area (Å²) >= 11 is 5.99. The van der Waals surface area contributed by atoms with Crippen LogP contribution in [-0.4, -0.2) is 12.5 Å². The quantitative estimate of drug-likeness (QED) is 0.896. The molecule has 2 aromatic carbocycles. The van der Waals surface area contributed by atoms with Gasteiger partial charge in [0, 0.05) is 10.7 Å². The molecular weight excluding hydrogens is 286 g/mol. The Labute approximate surface area is 129 Å². The van der Waals surface area contributed by atoms with Crippen molar-refractivity contribution in [2.75, 3.05) is 11.9 Å². The second-order valence-corrected chi connectivity index (χ2v) is 5.21. The van der Waals surface area contributed by atoms with Gasteiger partial charge < -0.3 is 10.1 Å². The molecule has 1 N–H and O–H groups in total. The summed E-state index contributed by atoms with van der Waals surface area (Å²) in [5.74, 6) is 0.416. The highest BCUT2D eigenvalue weighted by molar-refractivity contribution is 6.31. The van der Waals surface area contributed by atoms with E-state index in [4.69, 9.17) is 16.3 Å². The van der Waals surface area contributed by atoms with Gasteiger partial charge in [0.2, 0.25) is 0 Å². The number of amides is 1. The lowest BCUT2D eigenvalue weighted by Gasteiger charge is -2.13. The van der Waals surface area contributed by atoms with E-state index in [0.717, 1.165) is 11.1 Å². The first-order valence-electron chi connectivity index (χ1n) is 6.83. The average Bonchev–Trinajstić information content (AvgIpc) is 2.43. The van der Waals surface area contributed by atoms with Crippen LogP contribution in [0, 0.1) is 13.8 Å². The van der Waals surface area contributed by atoms with E-state index in [1.807, 2.05) is 39.0 Å². The van der Waals surface area contributed by atoms with Crippen molar-refractivity contribution in [2.24, 2.45) is 0 Å². The molecule has 0 aromatic heterocycles. The number of hydrogen-bond acceptors (Lipinski definition) is 2. The minimum Gasteiger partial charge on any atom is -0.493 e. The summed E-state index contributed by atoms with van der Waals surface area (Å²) in [4.78, 5) is 12.5. The Morgan fingerprint density at radius 2 is 1.95 bits per heavy atom. The molecule has 4 heteroatoms. The van der Waals surface area contributed by atoms with Crippen molar-refractivity contribution in [1.82, 2.24) is 0 Å². The van der Waals surface area contributed by atoms with Gasteiger partial charge in [0.05, 0.1) is 12.2 Å². The van der Waals surface area contributed by atoms with Crippen LogP contribution in [0.25, 0.3) is 0 Å². The molecule has 110 valence electrons. The fourth-order valence-electron chi connectivity index (χ4n) is 2.12. The average molecular weight is 304 g/mol. The summed E-state index contributed by atoms with van der Waals surface area (Å²) in [5, 5.41) is 3.57. The molecule has 0 spiro atoms. The zero-order valence-electron chi connectivity index (χ0n) is 12.4. The van der Waals surface area contributed by atoms with Crippen LogP contribution in [0.4, 0.5) is 5.69 Å². The molecule has 0 radical (unpaired) electrons. The van der Waals surface area contributed by atoms with Crippen LogP contribution in [0.2, 0.25) is 5.02 Å². The van der Waals surface area contributed by atoms with Crippen LogP contribution < -0.4 is 10.1 Å². The Balaban J connectivity index is 2.29. The van der Waals surface area contributed by atoms with Crippen LogP contribution in [0.3, 0.4) is 0 Å². The maximum absolute atomic E-state index is 12.5. The van der Waals surface area contributed by atoms with Gasteiger partial charge in [-0.3, -0.25) is 4.79 Å². The molecule has 0 aliphatic rings. The van der Waals surface area contributed by atoms with E-state index in [-0.39, 0.29) is 5.91 Å². The lowest BCUT2D eigenvalue weighted by molar-refractivity contribution is 0.102. The Kier molecular flexibility index (Phi) is 4.86. The van der Waals surface area contributed by atoms with Crippen LogP contribution in [0.15, 0.2) is 36.4 Å². The second kappa shape index (κ2) is 6.64.